The van der Waals surface area contributed by atoms with E-state index in [9.17, 15) is 9.59 Å². The number of ether oxygens (including phenoxy) is 1. The fourth-order valence-electron chi connectivity index (χ4n) is 3.12. The molecule has 208 valence electrons. The molecule has 35 heavy (non-hydrogen) atoms. The average molecular weight is 585 g/mol. The molecule has 0 N–H and O–H groups in total. The molecule has 0 spiro atoms. The van der Waals surface area contributed by atoms with Crippen LogP contribution in [0.25, 0.3) is 0 Å². The Morgan fingerprint density at radius 1 is 0.457 bits per heavy atom. The van der Waals surface area contributed by atoms with E-state index in [0.717, 1.165) is 0 Å². The lowest BCUT2D eigenvalue weighted by atomic mass is 10.0. The molecular weight excluding hydrogens is 533 g/mol. The standard InChI is InChI=1S/C22H52O8Si5/c1-25-17(19(27-32(5,6)7)21(23)29-34(11,12)13)18(26-31(2,3)4)20(28-33(8,9)10)22(24)30-35(14,15)16/h17-20H,1-16H3/t17-,18-,19+,20+/m0/s1. The SMILES string of the molecule is CO[C@@H]([C@H](O[Si](C)(C)C)[C@@H](O[Si](C)(C)C)C(=O)O[Si](C)(C)C)[C@@H](O[Si](C)(C)C)C(=O)O[Si](C)(C)C. The van der Waals surface area contributed by atoms with Gasteiger partial charge in [-0.25, -0.2) is 0 Å². The molecule has 8 nitrogen and oxygen atoms in total. The monoisotopic (exact) mass is 584 g/mol. The van der Waals surface area contributed by atoms with Crippen LogP contribution in [0.1, 0.15) is 0 Å². The van der Waals surface area contributed by atoms with E-state index in [-0.39, 0.29) is 0 Å². The first-order valence-electron chi connectivity index (χ1n) is 12.3. The summed E-state index contributed by atoms with van der Waals surface area (Å²) in [6.45, 7) is 29.7. The number of rotatable bonds is 14. The Bertz CT molecular complexity index is 699. The van der Waals surface area contributed by atoms with Crippen LogP contribution in [0.5, 0.6) is 0 Å². The molecule has 0 aromatic rings. The van der Waals surface area contributed by atoms with Crippen LogP contribution in [0.15, 0.2) is 0 Å². The minimum atomic E-state index is -2.26. The molecule has 13 heteroatoms. The van der Waals surface area contributed by atoms with Crippen LogP contribution >= 0.6 is 0 Å². The van der Waals surface area contributed by atoms with E-state index in [1.807, 2.05) is 98.2 Å². The van der Waals surface area contributed by atoms with Crippen molar-refractivity contribution in [1.82, 2.24) is 0 Å². The number of hydrogen-bond acceptors (Lipinski definition) is 8. The van der Waals surface area contributed by atoms with E-state index in [1.165, 1.54) is 7.11 Å². The Hall–Kier alpha value is -0.136. The maximum Gasteiger partial charge on any atom is 0.323 e. The second-order valence-corrected chi connectivity index (χ2v) is 36.0. The van der Waals surface area contributed by atoms with Gasteiger partial charge >= 0.3 is 11.9 Å². The summed E-state index contributed by atoms with van der Waals surface area (Å²) in [5.41, 5.74) is 0. The van der Waals surface area contributed by atoms with E-state index < -0.39 is 77.9 Å². The Morgan fingerprint density at radius 3 is 0.971 bits per heavy atom. The number of hydrogen-bond donors (Lipinski definition) is 0. The highest BCUT2D eigenvalue weighted by molar-refractivity contribution is 6.72. The first-order valence-corrected chi connectivity index (χ1v) is 29.3. The molecule has 0 aliphatic rings. The van der Waals surface area contributed by atoms with Crippen molar-refractivity contribution in [3.63, 3.8) is 0 Å². The molecule has 0 rings (SSSR count). The fourth-order valence-corrected chi connectivity index (χ4v) is 7.62. The van der Waals surface area contributed by atoms with E-state index >= 15 is 0 Å². The zero-order chi connectivity index (χ0) is 28.2. The van der Waals surface area contributed by atoms with Crippen LogP contribution in [0.2, 0.25) is 98.2 Å². The van der Waals surface area contributed by atoms with Gasteiger partial charge in [0.15, 0.2) is 37.2 Å². The maximum atomic E-state index is 13.5. The topological polar surface area (TPSA) is 89.5 Å². The Kier molecular flexibility index (Phi) is 12.6. The second kappa shape index (κ2) is 12.6. The first kappa shape index (κ1) is 34.9. The molecule has 0 fully saturated rings. The first-order chi connectivity index (χ1) is 15.2. The predicted molar refractivity (Wildman–Crippen MR) is 154 cm³/mol. The van der Waals surface area contributed by atoms with Gasteiger partial charge in [0.1, 0.15) is 12.2 Å². The van der Waals surface area contributed by atoms with Crippen molar-refractivity contribution in [1.29, 1.82) is 0 Å². The normalized spacial score (nSPS) is 17.4. The van der Waals surface area contributed by atoms with Crippen LogP contribution in [0.3, 0.4) is 0 Å². The van der Waals surface area contributed by atoms with Crippen LogP contribution in [0, 0.1) is 0 Å². The van der Waals surface area contributed by atoms with Gasteiger partial charge in [0.2, 0.25) is 16.6 Å². The van der Waals surface area contributed by atoms with Crippen molar-refractivity contribution in [2.75, 3.05) is 7.11 Å². The molecule has 0 radical (unpaired) electrons. The molecular formula is C22H52O8Si5. The van der Waals surface area contributed by atoms with E-state index in [2.05, 4.69) is 0 Å². The van der Waals surface area contributed by atoms with E-state index in [0.29, 0.717) is 0 Å². The Balaban J connectivity index is 6.81. The molecule has 0 heterocycles. The Morgan fingerprint density at radius 2 is 0.743 bits per heavy atom. The van der Waals surface area contributed by atoms with Gasteiger partial charge in [-0.3, -0.25) is 9.59 Å². The van der Waals surface area contributed by atoms with Crippen molar-refractivity contribution in [3.8, 4) is 0 Å². The van der Waals surface area contributed by atoms with Gasteiger partial charge in [-0.1, -0.05) is 0 Å². The van der Waals surface area contributed by atoms with E-state index in [1.54, 1.807) is 0 Å². The van der Waals surface area contributed by atoms with Gasteiger partial charge in [-0.15, -0.1) is 0 Å². The number of methoxy groups -OCH3 is 1. The zero-order valence-electron chi connectivity index (χ0n) is 25.1. The van der Waals surface area contributed by atoms with Crippen LogP contribution < -0.4 is 0 Å². The van der Waals surface area contributed by atoms with Gasteiger partial charge in [0.25, 0.3) is 0 Å². The molecule has 0 aromatic carbocycles. The molecule has 0 unspecified atom stereocenters. The van der Waals surface area contributed by atoms with Crippen molar-refractivity contribution in [2.24, 2.45) is 0 Å². The highest BCUT2D eigenvalue weighted by atomic mass is 28.4. The van der Waals surface area contributed by atoms with Crippen LogP contribution in [0.4, 0.5) is 0 Å². The van der Waals surface area contributed by atoms with Crippen molar-refractivity contribution < 1.29 is 36.5 Å². The molecule has 0 saturated carbocycles. The lowest BCUT2D eigenvalue weighted by Crippen LogP contribution is -2.61. The van der Waals surface area contributed by atoms with Crippen LogP contribution in [-0.2, 0) is 36.5 Å². The van der Waals surface area contributed by atoms with Crippen molar-refractivity contribution >= 4 is 53.5 Å². The second-order valence-electron chi connectivity index (χ2n) is 13.8. The summed E-state index contributed by atoms with van der Waals surface area (Å²) >= 11 is 0. The summed E-state index contributed by atoms with van der Waals surface area (Å²) < 4.78 is 37.0. The lowest BCUT2D eigenvalue weighted by Gasteiger charge is -2.42. The highest BCUT2D eigenvalue weighted by Gasteiger charge is 2.49. The molecule has 0 amide bonds. The summed E-state index contributed by atoms with van der Waals surface area (Å²) in [4.78, 5) is 27.0. The summed E-state index contributed by atoms with van der Waals surface area (Å²) in [5.74, 6) is -0.977. The van der Waals surface area contributed by atoms with E-state index in [4.69, 9.17) is 26.9 Å². The predicted octanol–water partition coefficient (Wildman–Crippen LogP) is 5.42. The lowest BCUT2D eigenvalue weighted by molar-refractivity contribution is -0.168. The Labute approximate surface area is 219 Å². The minimum Gasteiger partial charge on any atom is -0.518 e. The zero-order valence-corrected chi connectivity index (χ0v) is 30.1. The largest absolute Gasteiger partial charge is 0.518 e. The average Bonchev–Trinajstić information content (AvgIpc) is 2.52. The van der Waals surface area contributed by atoms with Gasteiger partial charge in [0.05, 0.1) is 0 Å². The third kappa shape index (κ3) is 15.7. The van der Waals surface area contributed by atoms with Crippen LogP contribution in [-0.4, -0.2) is 85.1 Å². The smallest absolute Gasteiger partial charge is 0.323 e. The third-order valence-corrected chi connectivity index (χ3v) is 8.45. The summed E-state index contributed by atoms with van der Waals surface area (Å²) in [6, 6.07) is 0. The maximum absolute atomic E-state index is 13.5. The van der Waals surface area contributed by atoms with Gasteiger partial charge in [0, 0.05) is 7.11 Å². The molecule has 0 aliphatic carbocycles. The highest BCUT2D eigenvalue weighted by Crippen LogP contribution is 2.28. The molecule has 0 saturated heterocycles. The van der Waals surface area contributed by atoms with Crippen molar-refractivity contribution in [3.05, 3.63) is 0 Å². The fraction of sp³-hybridized carbons (Fsp3) is 0.909. The molecule has 0 aromatic heterocycles. The number of carbonyl (C=O) groups excluding carboxylic acids is 2. The quantitative estimate of drug-likeness (QED) is 0.250. The van der Waals surface area contributed by atoms with Gasteiger partial charge < -0.3 is 26.9 Å². The molecule has 4 atom stereocenters. The van der Waals surface area contributed by atoms with Gasteiger partial charge in [-0.2, -0.15) is 0 Å². The summed E-state index contributed by atoms with van der Waals surface area (Å²) in [5, 5.41) is 0. The van der Waals surface area contributed by atoms with Crippen molar-refractivity contribution in [2.45, 2.75) is 123 Å². The number of carbonyl (C=O) groups is 2. The third-order valence-electron chi connectivity index (χ3n) is 3.92. The summed E-state index contributed by atoms with van der Waals surface area (Å²) in [7, 11) is -9.71. The van der Waals surface area contributed by atoms with Gasteiger partial charge in [-0.05, 0) is 98.2 Å². The molecule has 0 aliphatic heterocycles. The molecule has 0 bridgehead atoms. The summed E-state index contributed by atoms with van der Waals surface area (Å²) in [6.07, 6.45) is -3.95. The minimum absolute atomic E-state index is 0.484.